The van der Waals surface area contributed by atoms with E-state index in [0.29, 0.717) is 29.6 Å². The molecule has 0 radical (unpaired) electrons. The number of rotatable bonds is 4. The number of ether oxygens (including phenoxy) is 2. The van der Waals surface area contributed by atoms with Crippen LogP contribution in [0.1, 0.15) is 17.5 Å². The number of anilines is 1. The Labute approximate surface area is 162 Å². The monoisotopic (exact) mass is 386 g/mol. The molecular formula is C20H19ClN2O4. The van der Waals surface area contributed by atoms with Crippen LogP contribution in [0.2, 0.25) is 5.02 Å². The van der Waals surface area contributed by atoms with E-state index >= 15 is 0 Å². The molecule has 1 atom stereocenters. The lowest BCUT2D eigenvalue weighted by Crippen LogP contribution is -2.32. The van der Waals surface area contributed by atoms with E-state index in [9.17, 15) is 9.59 Å². The van der Waals surface area contributed by atoms with Crippen molar-refractivity contribution < 1.29 is 19.1 Å². The van der Waals surface area contributed by atoms with Gasteiger partial charge >= 0.3 is 0 Å². The molecule has 6 nitrogen and oxygen atoms in total. The second-order valence-corrected chi connectivity index (χ2v) is 7.10. The highest BCUT2D eigenvalue weighted by Crippen LogP contribution is 2.33. The Bertz CT molecular complexity index is 915. The van der Waals surface area contributed by atoms with E-state index in [1.54, 1.807) is 11.0 Å². The number of carbonyl (C=O) groups is 2. The molecular weight excluding hydrogens is 368 g/mol. The lowest BCUT2D eigenvalue weighted by atomic mass is 10.1. The number of halogens is 1. The molecule has 2 aliphatic rings. The van der Waals surface area contributed by atoms with E-state index in [-0.39, 0.29) is 30.9 Å². The topological polar surface area (TPSA) is 67.9 Å². The van der Waals surface area contributed by atoms with Crippen molar-refractivity contribution in [1.29, 1.82) is 0 Å². The van der Waals surface area contributed by atoms with Crippen LogP contribution in [0, 0.1) is 12.8 Å². The van der Waals surface area contributed by atoms with E-state index < -0.39 is 0 Å². The average molecular weight is 387 g/mol. The summed E-state index contributed by atoms with van der Waals surface area (Å²) in [5, 5.41) is 3.52. The molecule has 140 valence electrons. The van der Waals surface area contributed by atoms with E-state index in [4.69, 9.17) is 21.1 Å². The molecule has 2 aliphatic heterocycles. The van der Waals surface area contributed by atoms with Crippen molar-refractivity contribution in [3.05, 3.63) is 52.5 Å². The zero-order valence-electron chi connectivity index (χ0n) is 14.8. The van der Waals surface area contributed by atoms with Crippen LogP contribution >= 0.6 is 11.6 Å². The Morgan fingerprint density at radius 3 is 2.93 bits per heavy atom. The zero-order chi connectivity index (χ0) is 19.0. The van der Waals surface area contributed by atoms with Crippen molar-refractivity contribution in [1.82, 2.24) is 5.32 Å². The second kappa shape index (κ2) is 7.12. The fraction of sp³-hybridized carbons (Fsp3) is 0.300. The summed E-state index contributed by atoms with van der Waals surface area (Å²) in [6.45, 7) is 2.81. The third-order valence-electron chi connectivity index (χ3n) is 4.93. The van der Waals surface area contributed by atoms with Crippen molar-refractivity contribution in [2.24, 2.45) is 5.92 Å². The molecule has 1 saturated heterocycles. The van der Waals surface area contributed by atoms with E-state index in [1.165, 1.54) is 0 Å². The molecule has 0 aromatic heterocycles. The number of hydrogen-bond donors (Lipinski definition) is 1. The van der Waals surface area contributed by atoms with Crippen LogP contribution < -0.4 is 19.7 Å². The molecule has 2 aromatic rings. The van der Waals surface area contributed by atoms with Gasteiger partial charge in [-0.2, -0.15) is 0 Å². The number of carbonyl (C=O) groups excluding carboxylic acids is 2. The Balaban J connectivity index is 1.40. The predicted molar refractivity (Wildman–Crippen MR) is 101 cm³/mol. The van der Waals surface area contributed by atoms with Crippen LogP contribution in [0.25, 0.3) is 0 Å². The highest BCUT2D eigenvalue weighted by atomic mass is 35.5. The molecule has 2 heterocycles. The summed E-state index contributed by atoms with van der Waals surface area (Å²) in [5.41, 5.74) is 2.52. The van der Waals surface area contributed by atoms with Crippen LogP contribution in [0.4, 0.5) is 5.69 Å². The first kappa shape index (κ1) is 17.7. The average Bonchev–Trinajstić information content (AvgIpc) is 3.28. The van der Waals surface area contributed by atoms with Crippen LogP contribution in [0.15, 0.2) is 36.4 Å². The minimum atomic E-state index is -0.384. The largest absolute Gasteiger partial charge is 0.454 e. The summed E-state index contributed by atoms with van der Waals surface area (Å²) in [7, 11) is 0. The van der Waals surface area contributed by atoms with Gasteiger partial charge in [0.15, 0.2) is 11.5 Å². The van der Waals surface area contributed by atoms with Gasteiger partial charge in [-0.15, -0.1) is 0 Å². The molecule has 1 N–H and O–H groups in total. The van der Waals surface area contributed by atoms with Crippen molar-refractivity contribution in [3.63, 3.8) is 0 Å². The number of nitrogens with one attached hydrogen (secondary N) is 1. The van der Waals surface area contributed by atoms with E-state index in [0.717, 1.165) is 16.8 Å². The fourth-order valence-corrected chi connectivity index (χ4v) is 3.56. The van der Waals surface area contributed by atoms with Crippen molar-refractivity contribution in [2.45, 2.75) is 19.9 Å². The highest BCUT2D eigenvalue weighted by Gasteiger charge is 2.35. The molecule has 2 amide bonds. The maximum absolute atomic E-state index is 12.6. The van der Waals surface area contributed by atoms with E-state index in [2.05, 4.69) is 5.32 Å². The third-order valence-corrected chi connectivity index (χ3v) is 5.34. The summed E-state index contributed by atoms with van der Waals surface area (Å²) in [5.74, 6) is 0.802. The summed E-state index contributed by atoms with van der Waals surface area (Å²) in [6.07, 6.45) is 0.193. The van der Waals surface area contributed by atoms with Crippen LogP contribution in [-0.2, 0) is 16.1 Å². The number of fused-ring (bicyclic) bond motifs is 1. The molecule has 0 spiro atoms. The lowest BCUT2D eigenvalue weighted by Gasteiger charge is -2.19. The second-order valence-electron chi connectivity index (χ2n) is 6.69. The van der Waals surface area contributed by atoms with Gasteiger partial charge in [0.2, 0.25) is 18.6 Å². The fourth-order valence-electron chi connectivity index (χ4n) is 3.39. The van der Waals surface area contributed by atoms with Crippen molar-refractivity contribution in [2.75, 3.05) is 18.2 Å². The summed E-state index contributed by atoms with van der Waals surface area (Å²) >= 11 is 6.16. The van der Waals surface area contributed by atoms with Crippen LogP contribution in [-0.4, -0.2) is 25.2 Å². The molecule has 7 heteroatoms. The minimum Gasteiger partial charge on any atom is -0.454 e. The normalized spacial score (nSPS) is 18.1. The number of hydrogen-bond acceptors (Lipinski definition) is 4. The van der Waals surface area contributed by atoms with Gasteiger partial charge in [-0.05, 0) is 42.3 Å². The van der Waals surface area contributed by atoms with Gasteiger partial charge in [0.05, 0.1) is 5.92 Å². The smallest absolute Gasteiger partial charge is 0.231 e. The first-order valence-corrected chi connectivity index (χ1v) is 9.12. The third kappa shape index (κ3) is 3.45. The maximum Gasteiger partial charge on any atom is 0.231 e. The molecule has 27 heavy (non-hydrogen) atoms. The Hall–Kier alpha value is -2.73. The van der Waals surface area contributed by atoms with Gasteiger partial charge in [-0.1, -0.05) is 23.7 Å². The summed E-state index contributed by atoms with van der Waals surface area (Å²) in [4.78, 5) is 26.6. The molecule has 1 fully saturated rings. The van der Waals surface area contributed by atoms with Gasteiger partial charge < -0.3 is 19.7 Å². The van der Waals surface area contributed by atoms with Gasteiger partial charge in [-0.3, -0.25) is 9.59 Å². The molecule has 0 bridgehead atoms. The van der Waals surface area contributed by atoms with Crippen molar-refractivity contribution in [3.8, 4) is 11.5 Å². The maximum atomic E-state index is 12.6. The number of amides is 2. The summed E-state index contributed by atoms with van der Waals surface area (Å²) < 4.78 is 10.6. The molecule has 0 unspecified atom stereocenters. The van der Waals surface area contributed by atoms with Crippen molar-refractivity contribution >= 4 is 29.1 Å². The van der Waals surface area contributed by atoms with Crippen LogP contribution in [0.5, 0.6) is 11.5 Å². The Morgan fingerprint density at radius 2 is 2.07 bits per heavy atom. The van der Waals surface area contributed by atoms with E-state index in [1.807, 2.05) is 37.3 Å². The van der Waals surface area contributed by atoms with Gasteiger partial charge in [0, 0.05) is 30.2 Å². The number of benzene rings is 2. The first-order chi connectivity index (χ1) is 13.0. The molecule has 2 aromatic carbocycles. The predicted octanol–water partition coefficient (Wildman–Crippen LogP) is 3.05. The van der Waals surface area contributed by atoms with Crippen LogP contribution in [0.3, 0.4) is 0 Å². The standard InChI is InChI=1S/C20H19ClN2O4/c1-12-15(21)3-2-4-16(12)23-10-14(8-19(23)24)20(25)22-9-13-5-6-17-18(7-13)27-11-26-17/h2-7,14H,8-11H2,1H3,(H,22,25)/t14-/m1/s1. The van der Waals surface area contributed by atoms with Gasteiger partial charge in [0.25, 0.3) is 0 Å². The number of nitrogens with zero attached hydrogens (tertiary/aromatic N) is 1. The molecule has 0 aliphatic carbocycles. The molecule has 0 saturated carbocycles. The Morgan fingerprint density at radius 1 is 1.26 bits per heavy atom. The van der Waals surface area contributed by atoms with Gasteiger partial charge in [0.1, 0.15) is 0 Å². The SMILES string of the molecule is Cc1c(Cl)cccc1N1C[C@H](C(=O)NCc2ccc3c(c2)OCO3)CC1=O. The Kier molecular flexibility index (Phi) is 4.66. The quantitative estimate of drug-likeness (QED) is 0.877. The van der Waals surface area contributed by atoms with Gasteiger partial charge in [-0.25, -0.2) is 0 Å². The molecule has 4 rings (SSSR count). The lowest BCUT2D eigenvalue weighted by molar-refractivity contribution is -0.126. The minimum absolute atomic E-state index is 0.0661. The highest BCUT2D eigenvalue weighted by molar-refractivity contribution is 6.31. The first-order valence-electron chi connectivity index (χ1n) is 8.74. The summed E-state index contributed by atoms with van der Waals surface area (Å²) in [6, 6.07) is 11.0. The zero-order valence-corrected chi connectivity index (χ0v) is 15.6.